The molecule has 0 aliphatic heterocycles. The average Bonchev–Trinajstić information content (AvgIpc) is 2.23. The first kappa shape index (κ1) is 13.1. The molecular weight excluding hydrogens is 304 g/mol. The van der Waals surface area contributed by atoms with Gasteiger partial charge in [-0.3, -0.25) is 4.18 Å². The van der Waals surface area contributed by atoms with Gasteiger partial charge < -0.3 is 0 Å². The smallest absolute Gasteiger partial charge is 0.266 e. The Labute approximate surface area is 110 Å². The van der Waals surface area contributed by atoms with Crippen molar-refractivity contribution in [1.82, 2.24) is 0 Å². The number of halogens is 1. The maximum atomic E-state index is 11.8. The Hall–Kier alpha value is -0.390. The number of rotatable bonds is 4. The summed E-state index contributed by atoms with van der Waals surface area (Å²) in [5.41, 5.74) is 1.03. The topological polar surface area (TPSA) is 43.4 Å². The van der Waals surface area contributed by atoms with Gasteiger partial charge >= 0.3 is 0 Å². The maximum Gasteiger partial charge on any atom is 0.296 e. The summed E-state index contributed by atoms with van der Waals surface area (Å²) in [7, 11) is -3.58. The zero-order chi connectivity index (χ0) is 12.5. The summed E-state index contributed by atoms with van der Waals surface area (Å²) in [6.07, 6.45) is 1.98. The monoisotopic (exact) mass is 318 g/mol. The van der Waals surface area contributed by atoms with Crippen molar-refractivity contribution in [1.29, 1.82) is 0 Å². The number of hydrogen-bond donors (Lipinski definition) is 0. The molecule has 1 aliphatic carbocycles. The van der Waals surface area contributed by atoms with E-state index < -0.39 is 10.1 Å². The lowest BCUT2D eigenvalue weighted by molar-refractivity contribution is 0.193. The van der Waals surface area contributed by atoms with Crippen LogP contribution in [0.25, 0.3) is 0 Å². The van der Waals surface area contributed by atoms with E-state index in [1.54, 1.807) is 24.3 Å². The van der Waals surface area contributed by atoms with E-state index in [9.17, 15) is 8.42 Å². The van der Waals surface area contributed by atoms with Crippen LogP contribution >= 0.6 is 15.9 Å². The van der Waals surface area contributed by atoms with Gasteiger partial charge in [0.2, 0.25) is 0 Å². The fraction of sp³-hybridized carbons (Fsp3) is 0.500. The minimum Gasteiger partial charge on any atom is -0.266 e. The minimum atomic E-state index is -3.58. The second kappa shape index (κ2) is 5.08. The van der Waals surface area contributed by atoms with Crippen LogP contribution in [0.3, 0.4) is 0 Å². The molecule has 5 heteroatoms. The largest absolute Gasteiger partial charge is 0.296 e. The van der Waals surface area contributed by atoms with Gasteiger partial charge in [0.05, 0.1) is 11.5 Å². The third kappa shape index (κ3) is 3.30. The zero-order valence-corrected chi connectivity index (χ0v) is 12.0. The SMILES string of the molecule is Cc1ccc(S(=O)(=O)OCC2CC(Br)C2)cc1. The highest BCUT2D eigenvalue weighted by atomic mass is 79.9. The number of benzene rings is 1. The van der Waals surface area contributed by atoms with Crippen LogP contribution < -0.4 is 0 Å². The van der Waals surface area contributed by atoms with Crippen LogP contribution in [0.2, 0.25) is 0 Å². The third-order valence-electron chi connectivity index (χ3n) is 2.95. The van der Waals surface area contributed by atoms with Gasteiger partial charge in [0.15, 0.2) is 0 Å². The minimum absolute atomic E-state index is 0.234. The molecule has 0 saturated heterocycles. The average molecular weight is 319 g/mol. The Morgan fingerprint density at radius 1 is 1.29 bits per heavy atom. The predicted molar refractivity (Wildman–Crippen MR) is 69.8 cm³/mol. The molecule has 94 valence electrons. The Bertz CT molecular complexity index is 475. The molecular formula is C12H15BrO3S. The highest BCUT2D eigenvalue weighted by Crippen LogP contribution is 2.33. The Morgan fingerprint density at radius 2 is 1.88 bits per heavy atom. The molecule has 0 aromatic heterocycles. The van der Waals surface area contributed by atoms with Gasteiger partial charge in [0.1, 0.15) is 0 Å². The van der Waals surface area contributed by atoms with Crippen molar-refractivity contribution >= 4 is 26.0 Å². The zero-order valence-electron chi connectivity index (χ0n) is 9.60. The van der Waals surface area contributed by atoms with Crippen molar-refractivity contribution in [2.75, 3.05) is 6.61 Å². The molecule has 0 heterocycles. The van der Waals surface area contributed by atoms with Crippen molar-refractivity contribution < 1.29 is 12.6 Å². The van der Waals surface area contributed by atoms with Crippen molar-refractivity contribution in [3.05, 3.63) is 29.8 Å². The van der Waals surface area contributed by atoms with Gasteiger partial charge in [-0.2, -0.15) is 8.42 Å². The third-order valence-corrected chi connectivity index (χ3v) is 4.99. The van der Waals surface area contributed by atoms with Gasteiger partial charge in [0, 0.05) is 4.83 Å². The van der Waals surface area contributed by atoms with E-state index >= 15 is 0 Å². The number of hydrogen-bond acceptors (Lipinski definition) is 3. The van der Waals surface area contributed by atoms with Crippen molar-refractivity contribution in [2.45, 2.75) is 29.5 Å². The molecule has 0 spiro atoms. The highest BCUT2D eigenvalue weighted by Gasteiger charge is 2.28. The van der Waals surface area contributed by atoms with Crippen molar-refractivity contribution in [2.24, 2.45) is 5.92 Å². The fourth-order valence-electron chi connectivity index (χ4n) is 1.75. The van der Waals surface area contributed by atoms with E-state index in [2.05, 4.69) is 15.9 Å². The lowest BCUT2D eigenvalue weighted by Crippen LogP contribution is -2.28. The van der Waals surface area contributed by atoms with E-state index in [0.717, 1.165) is 18.4 Å². The lowest BCUT2D eigenvalue weighted by Gasteiger charge is -2.30. The molecule has 0 N–H and O–H groups in total. The molecule has 1 aromatic carbocycles. The summed E-state index contributed by atoms with van der Waals surface area (Å²) < 4.78 is 28.7. The number of alkyl halides is 1. The number of aryl methyl sites for hydroxylation is 1. The molecule has 3 nitrogen and oxygen atoms in total. The van der Waals surface area contributed by atoms with Gasteiger partial charge in [-0.05, 0) is 37.8 Å². The van der Waals surface area contributed by atoms with Gasteiger partial charge in [-0.1, -0.05) is 33.6 Å². The first-order chi connectivity index (χ1) is 7.97. The van der Waals surface area contributed by atoms with Gasteiger partial charge in [-0.25, -0.2) is 0 Å². The summed E-state index contributed by atoms with van der Waals surface area (Å²) in [6.45, 7) is 2.21. The second-order valence-electron chi connectivity index (χ2n) is 4.49. The van der Waals surface area contributed by atoms with Crippen LogP contribution in [0.4, 0.5) is 0 Å². The van der Waals surface area contributed by atoms with Crippen LogP contribution in [-0.4, -0.2) is 19.9 Å². The summed E-state index contributed by atoms with van der Waals surface area (Å²) in [4.78, 5) is 0.760. The first-order valence-corrected chi connectivity index (χ1v) is 7.90. The molecule has 1 fully saturated rings. The van der Waals surface area contributed by atoms with E-state index in [1.165, 1.54) is 0 Å². The highest BCUT2D eigenvalue weighted by molar-refractivity contribution is 9.09. The van der Waals surface area contributed by atoms with Gasteiger partial charge in [-0.15, -0.1) is 0 Å². The van der Waals surface area contributed by atoms with Crippen LogP contribution in [-0.2, 0) is 14.3 Å². The van der Waals surface area contributed by atoms with Gasteiger partial charge in [0.25, 0.3) is 10.1 Å². The Morgan fingerprint density at radius 3 is 2.41 bits per heavy atom. The summed E-state index contributed by atoms with van der Waals surface area (Å²) in [5, 5.41) is 0. The molecule has 1 aromatic rings. The van der Waals surface area contributed by atoms with Crippen molar-refractivity contribution in [3.63, 3.8) is 0 Å². The van der Waals surface area contributed by atoms with Crippen molar-refractivity contribution in [3.8, 4) is 0 Å². The first-order valence-electron chi connectivity index (χ1n) is 5.57. The molecule has 17 heavy (non-hydrogen) atoms. The molecule has 0 amide bonds. The van der Waals surface area contributed by atoms with E-state index in [-0.39, 0.29) is 11.5 Å². The van der Waals surface area contributed by atoms with Crippen LogP contribution in [0.15, 0.2) is 29.2 Å². The second-order valence-corrected chi connectivity index (χ2v) is 7.40. The van der Waals surface area contributed by atoms with E-state index in [0.29, 0.717) is 10.7 Å². The van der Waals surface area contributed by atoms with E-state index in [4.69, 9.17) is 4.18 Å². The summed E-state index contributed by atoms with van der Waals surface area (Å²) in [5.74, 6) is 0.361. The summed E-state index contributed by atoms with van der Waals surface area (Å²) in [6, 6.07) is 6.71. The molecule has 0 unspecified atom stereocenters. The van der Waals surface area contributed by atoms with Crippen LogP contribution in [0.1, 0.15) is 18.4 Å². The lowest BCUT2D eigenvalue weighted by atomic mass is 9.86. The van der Waals surface area contributed by atoms with Crippen LogP contribution in [0.5, 0.6) is 0 Å². The Balaban J connectivity index is 1.96. The maximum absolute atomic E-state index is 11.8. The standard InChI is InChI=1S/C12H15BrO3S/c1-9-2-4-12(5-3-9)17(14,15)16-8-10-6-11(13)7-10/h2-5,10-11H,6-8H2,1H3. The predicted octanol–water partition coefficient (Wildman–Crippen LogP) is 2.87. The molecule has 0 bridgehead atoms. The molecule has 2 rings (SSSR count). The molecule has 1 saturated carbocycles. The quantitative estimate of drug-likeness (QED) is 0.633. The molecule has 0 radical (unpaired) electrons. The molecule has 1 aliphatic rings. The fourth-order valence-corrected chi connectivity index (χ4v) is 3.78. The van der Waals surface area contributed by atoms with E-state index in [1.807, 2.05) is 6.92 Å². The van der Waals surface area contributed by atoms with Crippen LogP contribution in [0, 0.1) is 12.8 Å². The Kier molecular flexibility index (Phi) is 3.90. The summed E-state index contributed by atoms with van der Waals surface area (Å²) >= 11 is 3.47. The molecule has 0 atom stereocenters. The normalized spacial score (nSPS) is 24.4.